The first-order valence-corrected chi connectivity index (χ1v) is 11.4. The van der Waals surface area contributed by atoms with E-state index in [1.54, 1.807) is 7.11 Å². The zero-order valence-corrected chi connectivity index (χ0v) is 17.8. The van der Waals surface area contributed by atoms with Crippen molar-refractivity contribution in [2.75, 3.05) is 7.11 Å². The number of carboxylic acids is 1. The molecule has 2 saturated carbocycles. The molecule has 0 radical (unpaired) electrons. The zero-order chi connectivity index (χ0) is 20.6. The summed E-state index contributed by atoms with van der Waals surface area (Å²) in [7, 11) is 1.73. The molecule has 3 aliphatic carbocycles. The highest BCUT2D eigenvalue weighted by Crippen LogP contribution is 2.62. The Bertz CT molecular complexity index is 785. The molecule has 0 heterocycles. The summed E-state index contributed by atoms with van der Waals surface area (Å²) in [5.41, 5.74) is 2.78. The van der Waals surface area contributed by atoms with Crippen LogP contribution < -0.4 is 4.74 Å². The number of ketones is 1. The normalized spacial score (nSPS) is 33.0. The van der Waals surface area contributed by atoms with E-state index in [9.17, 15) is 9.59 Å². The van der Waals surface area contributed by atoms with Gasteiger partial charge in [-0.15, -0.1) is 0 Å². The van der Waals surface area contributed by atoms with Crippen molar-refractivity contribution in [3.63, 3.8) is 0 Å². The van der Waals surface area contributed by atoms with Gasteiger partial charge in [0, 0.05) is 18.3 Å². The van der Waals surface area contributed by atoms with Crippen LogP contribution in [0, 0.1) is 23.2 Å². The van der Waals surface area contributed by atoms with Crippen LogP contribution in [0.5, 0.6) is 5.75 Å². The molecule has 5 atom stereocenters. The maximum atomic E-state index is 13.0. The molecule has 4 nitrogen and oxygen atoms in total. The lowest BCUT2D eigenvalue weighted by Gasteiger charge is -2.50. The zero-order valence-electron chi connectivity index (χ0n) is 17.8. The van der Waals surface area contributed by atoms with Gasteiger partial charge >= 0.3 is 5.97 Å². The first kappa shape index (κ1) is 20.4. The molecule has 1 N–H and O–H groups in total. The monoisotopic (exact) mass is 398 g/mol. The number of carboxylic acid groups (broad SMARTS) is 1. The van der Waals surface area contributed by atoms with Crippen molar-refractivity contribution in [1.29, 1.82) is 0 Å². The van der Waals surface area contributed by atoms with E-state index in [2.05, 4.69) is 25.1 Å². The number of ether oxygens (including phenoxy) is 1. The number of carbonyl (C=O) groups excluding carboxylic acids is 1. The lowest BCUT2D eigenvalue weighted by molar-refractivity contribution is -0.137. The Morgan fingerprint density at radius 1 is 1.24 bits per heavy atom. The molecule has 0 amide bonds. The number of Topliss-reactive ketones (excluding diaryl/α,β-unsaturated/α-hetero) is 1. The summed E-state index contributed by atoms with van der Waals surface area (Å²) in [6.07, 6.45) is 9.21. The average Bonchev–Trinajstić information content (AvgIpc) is 2.97. The molecular formula is C25H34O4. The second-order valence-electron chi connectivity index (χ2n) is 9.74. The van der Waals surface area contributed by atoms with Crippen LogP contribution in [0.1, 0.15) is 81.8 Å². The SMILES string of the molecule is COc1ccc2c(c1)CC[C@@H]1[C@@H]2CC[C@]2(C)C(=O)CC(CCCCCC(=O)O)[C@@H]12. The molecule has 0 bridgehead atoms. The minimum atomic E-state index is -0.707. The lowest BCUT2D eigenvalue weighted by atomic mass is 9.54. The van der Waals surface area contributed by atoms with E-state index >= 15 is 0 Å². The van der Waals surface area contributed by atoms with Gasteiger partial charge in [-0.1, -0.05) is 25.8 Å². The smallest absolute Gasteiger partial charge is 0.303 e. The minimum Gasteiger partial charge on any atom is -0.497 e. The number of aliphatic carboxylic acids is 1. The Balaban J connectivity index is 1.50. The van der Waals surface area contributed by atoms with Crippen molar-refractivity contribution < 1.29 is 19.4 Å². The highest BCUT2D eigenvalue weighted by Gasteiger charge is 2.58. The molecule has 3 aliphatic rings. The first-order chi connectivity index (χ1) is 13.9. The summed E-state index contributed by atoms with van der Waals surface area (Å²) >= 11 is 0. The van der Waals surface area contributed by atoms with E-state index in [0.29, 0.717) is 29.5 Å². The maximum Gasteiger partial charge on any atom is 0.303 e. The van der Waals surface area contributed by atoms with Gasteiger partial charge in [-0.3, -0.25) is 9.59 Å². The van der Waals surface area contributed by atoms with Gasteiger partial charge < -0.3 is 9.84 Å². The van der Waals surface area contributed by atoms with Crippen LogP contribution in [0.25, 0.3) is 0 Å². The molecule has 0 saturated heterocycles. The summed E-state index contributed by atoms with van der Waals surface area (Å²) in [5, 5.41) is 8.84. The topological polar surface area (TPSA) is 63.6 Å². The molecule has 1 unspecified atom stereocenters. The molecule has 29 heavy (non-hydrogen) atoms. The van der Waals surface area contributed by atoms with Crippen molar-refractivity contribution >= 4 is 11.8 Å². The van der Waals surface area contributed by atoms with Gasteiger partial charge in [0.25, 0.3) is 0 Å². The summed E-state index contributed by atoms with van der Waals surface area (Å²) in [4.78, 5) is 23.8. The van der Waals surface area contributed by atoms with Crippen LogP contribution in [-0.2, 0) is 16.0 Å². The number of rotatable bonds is 7. The molecule has 158 valence electrons. The number of hydrogen-bond donors (Lipinski definition) is 1. The second kappa shape index (κ2) is 8.12. The number of aryl methyl sites for hydroxylation is 1. The largest absolute Gasteiger partial charge is 0.497 e. The molecular weight excluding hydrogens is 364 g/mol. The molecule has 2 fully saturated rings. The van der Waals surface area contributed by atoms with E-state index in [1.165, 1.54) is 17.5 Å². The molecule has 4 rings (SSSR count). The van der Waals surface area contributed by atoms with Gasteiger partial charge in [0.05, 0.1) is 7.11 Å². The van der Waals surface area contributed by atoms with Crippen LogP contribution >= 0.6 is 0 Å². The predicted octanol–water partition coefficient (Wildman–Crippen LogP) is 5.38. The van der Waals surface area contributed by atoms with Gasteiger partial charge in [0.15, 0.2) is 0 Å². The molecule has 4 heteroatoms. The Kier molecular flexibility index (Phi) is 5.72. The molecule has 0 aliphatic heterocycles. The summed E-state index contributed by atoms with van der Waals surface area (Å²) in [6, 6.07) is 6.57. The summed E-state index contributed by atoms with van der Waals surface area (Å²) < 4.78 is 5.43. The third kappa shape index (κ3) is 3.71. The summed E-state index contributed by atoms with van der Waals surface area (Å²) in [5.74, 6) is 2.86. The fraction of sp³-hybridized carbons (Fsp3) is 0.680. The van der Waals surface area contributed by atoms with Gasteiger partial charge in [0.1, 0.15) is 11.5 Å². The van der Waals surface area contributed by atoms with Crippen LogP contribution in [0.3, 0.4) is 0 Å². The van der Waals surface area contributed by atoms with Crippen LogP contribution in [0.15, 0.2) is 18.2 Å². The Hall–Kier alpha value is -1.84. The van der Waals surface area contributed by atoms with Gasteiger partial charge in [0.2, 0.25) is 0 Å². The van der Waals surface area contributed by atoms with Crippen LogP contribution in [0.4, 0.5) is 0 Å². The van der Waals surface area contributed by atoms with E-state index in [-0.39, 0.29) is 11.8 Å². The lowest BCUT2D eigenvalue weighted by Crippen LogP contribution is -2.44. The van der Waals surface area contributed by atoms with Gasteiger partial charge in [-0.25, -0.2) is 0 Å². The Labute approximate surface area is 174 Å². The van der Waals surface area contributed by atoms with Crippen molar-refractivity contribution in [2.24, 2.45) is 23.2 Å². The summed E-state index contributed by atoms with van der Waals surface area (Å²) in [6.45, 7) is 2.24. The Morgan fingerprint density at radius 2 is 2.07 bits per heavy atom. The first-order valence-electron chi connectivity index (χ1n) is 11.4. The number of unbranched alkanes of at least 4 members (excludes halogenated alkanes) is 2. The molecule has 1 aromatic carbocycles. The number of benzene rings is 1. The minimum absolute atomic E-state index is 0.142. The van der Waals surface area contributed by atoms with E-state index < -0.39 is 5.97 Å². The molecule has 1 aromatic rings. The average molecular weight is 399 g/mol. The molecule has 0 spiro atoms. The highest BCUT2D eigenvalue weighted by atomic mass is 16.5. The van der Waals surface area contributed by atoms with E-state index in [1.807, 2.05) is 0 Å². The number of hydrogen-bond acceptors (Lipinski definition) is 3. The third-order valence-corrected chi connectivity index (χ3v) is 8.24. The van der Waals surface area contributed by atoms with Crippen molar-refractivity contribution in [1.82, 2.24) is 0 Å². The second-order valence-corrected chi connectivity index (χ2v) is 9.74. The predicted molar refractivity (Wildman–Crippen MR) is 112 cm³/mol. The van der Waals surface area contributed by atoms with Crippen molar-refractivity contribution in [2.45, 2.75) is 77.0 Å². The number of fused-ring (bicyclic) bond motifs is 5. The van der Waals surface area contributed by atoms with Crippen LogP contribution in [0.2, 0.25) is 0 Å². The number of carbonyl (C=O) groups is 2. The van der Waals surface area contributed by atoms with Crippen molar-refractivity contribution in [3.8, 4) is 5.75 Å². The van der Waals surface area contributed by atoms with E-state index in [0.717, 1.165) is 57.1 Å². The number of methoxy groups -OCH3 is 1. The fourth-order valence-corrected chi connectivity index (χ4v) is 6.87. The highest BCUT2D eigenvalue weighted by molar-refractivity contribution is 5.87. The maximum absolute atomic E-state index is 13.0. The van der Waals surface area contributed by atoms with Crippen molar-refractivity contribution in [3.05, 3.63) is 29.3 Å². The third-order valence-electron chi connectivity index (χ3n) is 8.24. The van der Waals surface area contributed by atoms with Gasteiger partial charge in [-0.05, 0) is 85.5 Å². The van der Waals surface area contributed by atoms with Crippen LogP contribution in [-0.4, -0.2) is 24.0 Å². The molecule has 0 aromatic heterocycles. The van der Waals surface area contributed by atoms with E-state index in [4.69, 9.17) is 9.84 Å². The Morgan fingerprint density at radius 3 is 2.83 bits per heavy atom. The fourth-order valence-electron chi connectivity index (χ4n) is 6.87. The van der Waals surface area contributed by atoms with Gasteiger partial charge in [-0.2, -0.15) is 0 Å². The quantitative estimate of drug-likeness (QED) is 0.626. The standard InChI is InChI=1S/C25H34O4/c1-25-13-12-20-19-11-9-18(29-2)14-16(19)8-10-21(20)24(25)17(15-22(25)26)6-4-3-5-7-23(27)28/h9,11,14,17,20-21,24H,3-8,10,12-13,15H2,1-2H3,(H,27,28)/t17?,20-,21-,24+,25-/m1/s1.